The smallest absolute Gasteiger partial charge is 0.245 e. The number of halogens is 1. The van der Waals surface area contributed by atoms with Crippen LogP contribution in [0.4, 0.5) is 0 Å². The molecule has 1 aromatic rings. The second kappa shape index (κ2) is 5.46. The van der Waals surface area contributed by atoms with Gasteiger partial charge in [0.1, 0.15) is 10.5 Å². The average Bonchev–Trinajstić information content (AvgIpc) is 2.80. The lowest BCUT2D eigenvalue weighted by Crippen LogP contribution is -2.63. The number of nitrogens with one attached hydrogen (secondary N) is 1. The molecule has 0 aliphatic carbocycles. The minimum atomic E-state index is -0.804. The number of piperazine rings is 1. The Kier molecular flexibility index (Phi) is 4.10. The van der Waals surface area contributed by atoms with E-state index in [1.54, 1.807) is 18.7 Å². The zero-order valence-corrected chi connectivity index (χ0v) is 12.5. The van der Waals surface area contributed by atoms with E-state index in [-0.39, 0.29) is 18.2 Å². The van der Waals surface area contributed by atoms with Gasteiger partial charge < -0.3 is 10.2 Å². The first-order valence-electron chi connectivity index (χ1n) is 6.03. The van der Waals surface area contributed by atoms with E-state index in [0.29, 0.717) is 19.0 Å². The van der Waals surface area contributed by atoms with Crippen LogP contribution in [-0.2, 0) is 21.9 Å². The van der Waals surface area contributed by atoms with Crippen molar-refractivity contribution in [1.29, 1.82) is 0 Å². The summed E-state index contributed by atoms with van der Waals surface area (Å²) < 4.78 is 0. The molecule has 1 fully saturated rings. The molecule has 2 amide bonds. The molecule has 2 rings (SSSR count). The van der Waals surface area contributed by atoms with Crippen molar-refractivity contribution in [3.8, 4) is 0 Å². The molecule has 104 valence electrons. The highest BCUT2D eigenvalue weighted by atomic mass is 35.5. The van der Waals surface area contributed by atoms with Gasteiger partial charge in [-0.3, -0.25) is 9.59 Å². The summed E-state index contributed by atoms with van der Waals surface area (Å²) in [7, 11) is 0. The largest absolute Gasteiger partial charge is 0.352 e. The molecule has 7 heteroatoms. The molecule has 0 saturated carbocycles. The van der Waals surface area contributed by atoms with E-state index in [9.17, 15) is 9.59 Å². The second-order valence-corrected chi connectivity index (χ2v) is 6.11. The van der Waals surface area contributed by atoms with Gasteiger partial charge in [-0.05, 0) is 13.8 Å². The van der Waals surface area contributed by atoms with Crippen LogP contribution in [0.1, 0.15) is 24.5 Å². The topological polar surface area (TPSA) is 62.3 Å². The monoisotopic (exact) mass is 301 g/mol. The number of rotatable bonds is 3. The minimum Gasteiger partial charge on any atom is -0.352 e. The highest BCUT2D eigenvalue weighted by Crippen LogP contribution is 2.20. The molecule has 1 saturated heterocycles. The number of carbonyl (C=O) groups is 2. The lowest BCUT2D eigenvalue weighted by atomic mass is 9.98. The summed E-state index contributed by atoms with van der Waals surface area (Å²) in [4.78, 5) is 30.0. The van der Waals surface area contributed by atoms with Crippen LogP contribution in [0, 0.1) is 0 Å². The Balaban J connectivity index is 2.08. The summed E-state index contributed by atoms with van der Waals surface area (Å²) >= 11 is 7.11. The van der Waals surface area contributed by atoms with Crippen LogP contribution in [0.25, 0.3) is 0 Å². The number of hydrogen-bond donors (Lipinski definition) is 1. The molecule has 0 aromatic carbocycles. The van der Waals surface area contributed by atoms with Gasteiger partial charge in [0.2, 0.25) is 11.8 Å². The van der Waals surface area contributed by atoms with Gasteiger partial charge >= 0.3 is 0 Å². The Morgan fingerprint density at radius 3 is 3.00 bits per heavy atom. The number of nitrogens with zero attached hydrogens (tertiary/aromatic N) is 2. The van der Waals surface area contributed by atoms with E-state index in [4.69, 9.17) is 11.6 Å². The molecular weight excluding hydrogens is 286 g/mol. The Bertz CT molecular complexity index is 501. The molecule has 1 aliphatic rings. The standard InChI is InChI=1S/C12H16ClN3O2S/c1-12(2)11(18)14-3-4-16(12)10(17)5-9-15-8(6-13)7-19-9/h7H,3-6H2,1-2H3,(H,14,18). The van der Waals surface area contributed by atoms with Gasteiger partial charge in [0.15, 0.2) is 0 Å². The van der Waals surface area contributed by atoms with Crippen LogP contribution in [0.3, 0.4) is 0 Å². The first-order valence-corrected chi connectivity index (χ1v) is 7.44. The number of thiazole rings is 1. The fourth-order valence-corrected chi connectivity index (χ4v) is 3.07. The van der Waals surface area contributed by atoms with Gasteiger partial charge in [0, 0.05) is 18.5 Å². The second-order valence-electron chi connectivity index (χ2n) is 4.90. The lowest BCUT2D eigenvalue weighted by Gasteiger charge is -2.41. The maximum atomic E-state index is 12.3. The number of aromatic nitrogens is 1. The zero-order valence-electron chi connectivity index (χ0n) is 10.9. The van der Waals surface area contributed by atoms with Crippen molar-refractivity contribution in [2.24, 2.45) is 0 Å². The van der Waals surface area contributed by atoms with Gasteiger partial charge in [0.05, 0.1) is 18.0 Å². The molecule has 2 heterocycles. The summed E-state index contributed by atoms with van der Waals surface area (Å²) in [6.07, 6.45) is 0.221. The van der Waals surface area contributed by atoms with Crippen LogP contribution in [0.2, 0.25) is 0 Å². The third-order valence-electron chi connectivity index (χ3n) is 3.19. The van der Waals surface area contributed by atoms with E-state index in [0.717, 1.165) is 10.7 Å². The third kappa shape index (κ3) is 2.90. The van der Waals surface area contributed by atoms with Crippen molar-refractivity contribution in [1.82, 2.24) is 15.2 Å². The van der Waals surface area contributed by atoms with E-state index in [2.05, 4.69) is 10.3 Å². The van der Waals surface area contributed by atoms with Gasteiger partial charge in [-0.2, -0.15) is 0 Å². The molecule has 19 heavy (non-hydrogen) atoms. The summed E-state index contributed by atoms with van der Waals surface area (Å²) in [6.45, 7) is 4.54. The molecular formula is C12H16ClN3O2S. The number of amides is 2. The van der Waals surface area contributed by atoms with Crippen molar-refractivity contribution in [3.05, 3.63) is 16.1 Å². The van der Waals surface area contributed by atoms with Gasteiger partial charge in [0.25, 0.3) is 0 Å². The molecule has 1 aliphatic heterocycles. The average molecular weight is 302 g/mol. The molecule has 5 nitrogen and oxygen atoms in total. The number of hydrogen-bond acceptors (Lipinski definition) is 4. The highest BCUT2D eigenvalue weighted by molar-refractivity contribution is 7.09. The quantitative estimate of drug-likeness (QED) is 0.852. The SMILES string of the molecule is CC1(C)C(=O)NCCN1C(=O)Cc1nc(CCl)cs1. The fourth-order valence-electron chi connectivity index (χ4n) is 2.05. The first kappa shape index (κ1) is 14.3. The normalized spacial score (nSPS) is 18.3. The van der Waals surface area contributed by atoms with Gasteiger partial charge in [-0.1, -0.05) is 0 Å². The number of alkyl halides is 1. The van der Waals surface area contributed by atoms with Crippen LogP contribution >= 0.6 is 22.9 Å². The van der Waals surface area contributed by atoms with Crippen LogP contribution in [0.15, 0.2) is 5.38 Å². The van der Waals surface area contributed by atoms with Gasteiger partial charge in [-0.25, -0.2) is 4.98 Å². The molecule has 1 aromatic heterocycles. The van der Waals surface area contributed by atoms with Crippen molar-refractivity contribution in [2.75, 3.05) is 13.1 Å². The molecule has 0 unspecified atom stereocenters. The van der Waals surface area contributed by atoms with Gasteiger partial charge in [-0.15, -0.1) is 22.9 Å². The van der Waals surface area contributed by atoms with Crippen molar-refractivity contribution >= 4 is 34.8 Å². The summed E-state index contributed by atoms with van der Waals surface area (Å²) in [6, 6.07) is 0. The first-order chi connectivity index (χ1) is 8.95. The van der Waals surface area contributed by atoms with Crippen LogP contribution in [0.5, 0.6) is 0 Å². The Hall–Kier alpha value is -1.14. The van der Waals surface area contributed by atoms with E-state index >= 15 is 0 Å². The maximum Gasteiger partial charge on any atom is 0.245 e. The predicted molar refractivity (Wildman–Crippen MR) is 74.2 cm³/mol. The number of carbonyl (C=O) groups excluding carboxylic acids is 2. The highest BCUT2D eigenvalue weighted by Gasteiger charge is 2.40. The minimum absolute atomic E-state index is 0.0738. The summed E-state index contributed by atoms with van der Waals surface area (Å²) in [5.41, 5.74) is -0.0212. The Morgan fingerprint density at radius 2 is 2.37 bits per heavy atom. The lowest BCUT2D eigenvalue weighted by molar-refractivity contribution is -0.148. The molecule has 0 atom stereocenters. The van der Waals surface area contributed by atoms with E-state index in [1.165, 1.54) is 11.3 Å². The van der Waals surface area contributed by atoms with E-state index in [1.807, 2.05) is 5.38 Å². The maximum absolute atomic E-state index is 12.3. The summed E-state index contributed by atoms with van der Waals surface area (Å²) in [5.74, 6) is 0.158. The van der Waals surface area contributed by atoms with Crippen molar-refractivity contribution < 1.29 is 9.59 Å². The fraction of sp³-hybridized carbons (Fsp3) is 0.583. The molecule has 0 bridgehead atoms. The van der Waals surface area contributed by atoms with E-state index < -0.39 is 5.54 Å². The van der Waals surface area contributed by atoms with Crippen LogP contribution < -0.4 is 5.32 Å². The predicted octanol–water partition coefficient (Wildman–Crippen LogP) is 1.16. The van der Waals surface area contributed by atoms with Crippen molar-refractivity contribution in [3.63, 3.8) is 0 Å². The Morgan fingerprint density at radius 1 is 1.63 bits per heavy atom. The Labute approximate surface area is 121 Å². The van der Waals surface area contributed by atoms with Crippen LogP contribution in [-0.4, -0.2) is 40.3 Å². The van der Waals surface area contributed by atoms with Crippen molar-refractivity contribution in [2.45, 2.75) is 31.7 Å². The molecule has 0 radical (unpaired) electrons. The molecule has 0 spiro atoms. The summed E-state index contributed by atoms with van der Waals surface area (Å²) in [5, 5.41) is 5.36. The third-order valence-corrected chi connectivity index (χ3v) is 4.36. The zero-order chi connectivity index (χ0) is 14.0. The molecule has 1 N–H and O–H groups in total.